The first-order valence-corrected chi connectivity index (χ1v) is 10.1. The van der Waals surface area contributed by atoms with E-state index in [0.717, 1.165) is 63.1 Å². The third-order valence-electron chi connectivity index (χ3n) is 5.98. The summed E-state index contributed by atoms with van der Waals surface area (Å²) in [4.78, 5) is 7.12. The second-order valence-electron chi connectivity index (χ2n) is 7.63. The van der Waals surface area contributed by atoms with Gasteiger partial charge in [0.05, 0.1) is 17.8 Å². The monoisotopic (exact) mass is 385 g/mol. The van der Waals surface area contributed by atoms with Gasteiger partial charge < -0.3 is 9.26 Å². The summed E-state index contributed by atoms with van der Waals surface area (Å²) in [6.45, 7) is 5.78. The van der Waals surface area contributed by atoms with E-state index in [0.29, 0.717) is 23.4 Å². The van der Waals surface area contributed by atoms with E-state index >= 15 is 0 Å². The first-order valence-electron chi connectivity index (χ1n) is 10.1. The van der Waals surface area contributed by atoms with Gasteiger partial charge in [-0.25, -0.2) is 4.39 Å². The number of hydrogen-bond acceptors (Lipinski definition) is 6. The average molecular weight is 385 g/mol. The van der Waals surface area contributed by atoms with Crippen LogP contribution in [0, 0.1) is 5.82 Å². The molecule has 8 heteroatoms. The fourth-order valence-electron chi connectivity index (χ4n) is 4.37. The Labute approximate surface area is 162 Å². The number of aryl methyl sites for hydroxylation is 1. The second-order valence-corrected chi connectivity index (χ2v) is 7.63. The van der Waals surface area contributed by atoms with Crippen LogP contribution in [0.2, 0.25) is 0 Å². The summed E-state index contributed by atoms with van der Waals surface area (Å²) in [5, 5.41) is 9.65. The molecule has 0 N–H and O–H groups in total. The zero-order chi connectivity index (χ0) is 19.1. The third kappa shape index (κ3) is 3.10. The predicted octanol–water partition coefficient (Wildman–Crippen LogP) is 3.08. The standard InChI is InChI=1S/C20H24FN5O2/c1-2-17-16-4-3-14(21)11-18(16)26(23-17)20-22-19(28-24-20)13-5-8-25(9-6-13)15-7-10-27-12-15/h3-4,11,13,15H,2,5-10,12H2,1H3. The maximum atomic E-state index is 13.8. The molecule has 4 heterocycles. The number of halogens is 1. The zero-order valence-corrected chi connectivity index (χ0v) is 16.0. The Bertz CT molecular complexity index is 970. The van der Waals surface area contributed by atoms with E-state index in [1.165, 1.54) is 12.1 Å². The summed E-state index contributed by atoms with van der Waals surface area (Å²) >= 11 is 0. The fourth-order valence-corrected chi connectivity index (χ4v) is 4.37. The number of hydrogen-bond donors (Lipinski definition) is 0. The summed E-state index contributed by atoms with van der Waals surface area (Å²) < 4.78 is 26.5. The minimum absolute atomic E-state index is 0.254. The summed E-state index contributed by atoms with van der Waals surface area (Å²) in [6, 6.07) is 5.24. The SMILES string of the molecule is CCc1nn(-c2noc(C3CCN(C4CCOC4)CC3)n2)c2cc(F)ccc12. The molecular formula is C20H24FN5O2. The molecule has 0 amide bonds. The molecule has 0 radical (unpaired) electrons. The van der Waals surface area contributed by atoms with Gasteiger partial charge in [-0.2, -0.15) is 14.8 Å². The van der Waals surface area contributed by atoms with Crippen molar-refractivity contribution in [2.45, 2.75) is 44.6 Å². The summed E-state index contributed by atoms with van der Waals surface area (Å²) in [5.74, 6) is 0.972. The lowest BCUT2D eigenvalue weighted by atomic mass is 9.95. The van der Waals surface area contributed by atoms with Crippen LogP contribution in [0.15, 0.2) is 22.7 Å². The fraction of sp³-hybridized carbons (Fsp3) is 0.550. The van der Waals surface area contributed by atoms with Crippen molar-refractivity contribution in [1.29, 1.82) is 0 Å². The number of aromatic nitrogens is 4. The van der Waals surface area contributed by atoms with Crippen LogP contribution >= 0.6 is 0 Å². The molecule has 1 unspecified atom stereocenters. The molecule has 0 spiro atoms. The molecule has 2 aliphatic heterocycles. The molecule has 0 saturated carbocycles. The van der Waals surface area contributed by atoms with E-state index in [1.807, 2.05) is 6.92 Å². The van der Waals surface area contributed by atoms with Gasteiger partial charge in [-0.3, -0.25) is 4.90 Å². The summed E-state index contributed by atoms with van der Waals surface area (Å²) in [7, 11) is 0. The van der Waals surface area contributed by atoms with Crippen molar-refractivity contribution < 1.29 is 13.7 Å². The largest absolute Gasteiger partial charge is 0.380 e. The van der Waals surface area contributed by atoms with Crippen molar-refractivity contribution in [3.63, 3.8) is 0 Å². The number of ether oxygens (including phenoxy) is 1. The van der Waals surface area contributed by atoms with Crippen LogP contribution in [0.25, 0.3) is 16.9 Å². The Morgan fingerprint density at radius 3 is 2.82 bits per heavy atom. The number of nitrogens with zero attached hydrogens (tertiary/aromatic N) is 5. The van der Waals surface area contributed by atoms with Gasteiger partial charge in [-0.1, -0.05) is 6.92 Å². The van der Waals surface area contributed by atoms with E-state index in [9.17, 15) is 4.39 Å². The lowest BCUT2D eigenvalue weighted by Gasteiger charge is -2.34. The second kappa shape index (κ2) is 7.25. The van der Waals surface area contributed by atoms with Crippen LogP contribution in [-0.2, 0) is 11.2 Å². The lowest BCUT2D eigenvalue weighted by Crippen LogP contribution is -2.41. The Kier molecular flexibility index (Phi) is 4.60. The highest BCUT2D eigenvalue weighted by Crippen LogP contribution is 2.30. The molecule has 3 aromatic rings. The van der Waals surface area contributed by atoms with Gasteiger partial charge in [0.15, 0.2) is 0 Å². The normalized spacial score (nSPS) is 21.7. The molecule has 148 valence electrons. The van der Waals surface area contributed by atoms with E-state index in [-0.39, 0.29) is 11.7 Å². The lowest BCUT2D eigenvalue weighted by molar-refractivity contribution is 0.117. The number of benzene rings is 1. The Morgan fingerprint density at radius 1 is 1.21 bits per heavy atom. The minimum Gasteiger partial charge on any atom is -0.380 e. The summed E-state index contributed by atoms with van der Waals surface area (Å²) in [5.41, 5.74) is 1.56. The molecule has 5 rings (SSSR count). The molecule has 1 atom stereocenters. The van der Waals surface area contributed by atoms with E-state index in [4.69, 9.17) is 9.26 Å². The van der Waals surface area contributed by atoms with Crippen molar-refractivity contribution in [1.82, 2.24) is 24.8 Å². The molecule has 2 aromatic heterocycles. The first kappa shape index (κ1) is 17.8. The van der Waals surface area contributed by atoms with Gasteiger partial charge in [0.25, 0.3) is 5.95 Å². The molecular weight excluding hydrogens is 361 g/mol. The zero-order valence-electron chi connectivity index (χ0n) is 16.0. The molecule has 2 aliphatic rings. The maximum Gasteiger partial charge on any atom is 0.291 e. The van der Waals surface area contributed by atoms with Crippen LogP contribution in [-0.4, -0.2) is 57.2 Å². The van der Waals surface area contributed by atoms with Gasteiger partial charge in [-0.15, -0.1) is 0 Å². The minimum atomic E-state index is -0.303. The predicted molar refractivity (Wildman–Crippen MR) is 101 cm³/mol. The van der Waals surface area contributed by atoms with Crippen molar-refractivity contribution in [2.75, 3.05) is 26.3 Å². The topological polar surface area (TPSA) is 69.2 Å². The third-order valence-corrected chi connectivity index (χ3v) is 5.98. The number of likely N-dealkylation sites (tertiary alicyclic amines) is 1. The highest BCUT2D eigenvalue weighted by atomic mass is 19.1. The number of rotatable bonds is 4. The summed E-state index contributed by atoms with van der Waals surface area (Å²) in [6.07, 6.45) is 3.86. The van der Waals surface area contributed by atoms with Crippen LogP contribution in [0.1, 0.15) is 43.7 Å². The smallest absolute Gasteiger partial charge is 0.291 e. The van der Waals surface area contributed by atoms with Crippen molar-refractivity contribution in [3.05, 3.63) is 35.6 Å². The van der Waals surface area contributed by atoms with Gasteiger partial charge >= 0.3 is 0 Å². The highest BCUT2D eigenvalue weighted by Gasteiger charge is 2.31. The molecule has 28 heavy (non-hydrogen) atoms. The molecule has 7 nitrogen and oxygen atoms in total. The Hall–Kier alpha value is -2.32. The number of piperidine rings is 1. The highest BCUT2D eigenvalue weighted by molar-refractivity contribution is 5.83. The van der Waals surface area contributed by atoms with Gasteiger partial charge in [0.2, 0.25) is 5.89 Å². The molecule has 0 bridgehead atoms. The van der Waals surface area contributed by atoms with Gasteiger partial charge in [0, 0.05) is 30.0 Å². The van der Waals surface area contributed by atoms with Crippen LogP contribution < -0.4 is 0 Å². The van der Waals surface area contributed by atoms with E-state index in [1.54, 1.807) is 10.7 Å². The molecule has 1 aromatic carbocycles. The van der Waals surface area contributed by atoms with Crippen molar-refractivity contribution in [2.24, 2.45) is 0 Å². The number of fused-ring (bicyclic) bond motifs is 1. The molecule has 2 saturated heterocycles. The molecule has 2 fully saturated rings. The Balaban J connectivity index is 1.37. The maximum absolute atomic E-state index is 13.8. The van der Waals surface area contributed by atoms with Gasteiger partial charge in [-0.05, 0) is 56.1 Å². The van der Waals surface area contributed by atoms with E-state index < -0.39 is 0 Å². The van der Waals surface area contributed by atoms with Crippen molar-refractivity contribution in [3.8, 4) is 5.95 Å². The van der Waals surface area contributed by atoms with Gasteiger partial charge in [0.1, 0.15) is 5.82 Å². The van der Waals surface area contributed by atoms with E-state index in [2.05, 4.69) is 20.1 Å². The average Bonchev–Trinajstić information content (AvgIpc) is 3.47. The van der Waals surface area contributed by atoms with Crippen molar-refractivity contribution >= 4 is 10.9 Å². The van der Waals surface area contributed by atoms with Crippen LogP contribution in [0.4, 0.5) is 4.39 Å². The van der Waals surface area contributed by atoms with Crippen LogP contribution in [0.5, 0.6) is 0 Å². The molecule has 0 aliphatic carbocycles. The quantitative estimate of drug-likeness (QED) is 0.687. The Morgan fingerprint density at radius 2 is 2.07 bits per heavy atom. The first-order chi connectivity index (χ1) is 13.7. The van der Waals surface area contributed by atoms with Crippen LogP contribution in [0.3, 0.4) is 0 Å².